The quantitative estimate of drug-likeness (QED) is 0.626. The highest BCUT2D eigenvalue weighted by Gasteiger charge is 2.24. The van der Waals surface area contributed by atoms with E-state index in [0.717, 1.165) is 10.9 Å². The Morgan fingerprint density at radius 1 is 1.32 bits per heavy atom. The van der Waals surface area contributed by atoms with E-state index >= 15 is 0 Å². The number of likely N-dealkylation sites (N-methyl/N-ethyl adjacent to an activating group) is 1. The van der Waals surface area contributed by atoms with Gasteiger partial charge >= 0.3 is 0 Å². The van der Waals surface area contributed by atoms with Gasteiger partial charge in [0.15, 0.2) is 0 Å². The van der Waals surface area contributed by atoms with Crippen LogP contribution >= 0.6 is 0 Å². The number of aliphatic hydroxyl groups is 1. The topological polar surface area (TPSA) is 73.4 Å². The molecule has 0 fully saturated rings. The number of hydrogen-bond acceptors (Lipinski definition) is 3. The van der Waals surface area contributed by atoms with Gasteiger partial charge in [-0.2, -0.15) is 0 Å². The van der Waals surface area contributed by atoms with Crippen LogP contribution in [0.5, 0.6) is 0 Å². The van der Waals surface area contributed by atoms with Crippen LogP contribution in [0.25, 0.3) is 10.9 Å². The molecular weight excluding hydrogens is 244 g/mol. The molecule has 0 aliphatic rings. The van der Waals surface area contributed by atoms with Crippen molar-refractivity contribution in [3.63, 3.8) is 0 Å². The molecule has 0 atom stereocenters. The maximum atomic E-state index is 12.2. The molecule has 5 heteroatoms. The van der Waals surface area contributed by atoms with Crippen LogP contribution < -0.4 is 0 Å². The van der Waals surface area contributed by atoms with E-state index in [0.29, 0.717) is 12.1 Å². The van der Waals surface area contributed by atoms with Crippen molar-refractivity contribution in [2.75, 3.05) is 19.7 Å². The van der Waals surface area contributed by atoms with E-state index in [-0.39, 0.29) is 13.2 Å². The second-order valence-corrected chi connectivity index (χ2v) is 4.19. The molecule has 0 radical (unpaired) electrons. The minimum atomic E-state index is -0.582. The highest BCUT2D eigenvalue weighted by atomic mass is 16.3. The number of Topliss-reactive ketones (excluding diaryl/α,β-unsaturated/α-hetero) is 1. The fraction of sp³-hybridized carbons (Fsp3) is 0.286. The Kier molecular flexibility index (Phi) is 3.97. The smallest absolute Gasteiger partial charge is 0.295 e. The van der Waals surface area contributed by atoms with Crippen molar-refractivity contribution in [2.45, 2.75) is 6.92 Å². The van der Waals surface area contributed by atoms with Crippen LogP contribution in [0.4, 0.5) is 0 Å². The van der Waals surface area contributed by atoms with Crippen molar-refractivity contribution >= 4 is 22.6 Å². The summed E-state index contributed by atoms with van der Waals surface area (Å²) in [7, 11) is 0. The third-order valence-corrected chi connectivity index (χ3v) is 3.07. The maximum Gasteiger partial charge on any atom is 0.295 e. The van der Waals surface area contributed by atoms with Crippen molar-refractivity contribution in [1.82, 2.24) is 9.88 Å². The molecule has 0 saturated heterocycles. The summed E-state index contributed by atoms with van der Waals surface area (Å²) < 4.78 is 0. The van der Waals surface area contributed by atoms with Gasteiger partial charge < -0.3 is 15.0 Å². The Labute approximate surface area is 110 Å². The molecule has 0 saturated carbocycles. The molecule has 0 spiro atoms. The number of aromatic nitrogens is 1. The largest absolute Gasteiger partial charge is 0.395 e. The molecule has 2 aromatic rings. The molecule has 1 aromatic carbocycles. The summed E-state index contributed by atoms with van der Waals surface area (Å²) in [5.74, 6) is -1.13. The highest BCUT2D eigenvalue weighted by Crippen LogP contribution is 2.18. The van der Waals surface area contributed by atoms with Gasteiger partial charge in [-0.1, -0.05) is 18.2 Å². The molecule has 2 rings (SSSR count). The van der Waals surface area contributed by atoms with Crippen LogP contribution in [-0.4, -0.2) is 46.4 Å². The lowest BCUT2D eigenvalue weighted by atomic mass is 10.1. The van der Waals surface area contributed by atoms with Gasteiger partial charge in [0.05, 0.1) is 12.2 Å². The van der Waals surface area contributed by atoms with Crippen LogP contribution in [0.2, 0.25) is 0 Å². The number of nitrogens with zero attached hydrogens (tertiary/aromatic N) is 1. The molecule has 0 bridgehead atoms. The number of hydrogen-bond donors (Lipinski definition) is 2. The Balaban J connectivity index is 2.31. The number of benzene rings is 1. The van der Waals surface area contributed by atoms with Crippen molar-refractivity contribution in [1.29, 1.82) is 0 Å². The molecule has 5 nitrogen and oxygen atoms in total. The predicted molar refractivity (Wildman–Crippen MR) is 72.0 cm³/mol. The lowest BCUT2D eigenvalue weighted by Gasteiger charge is -2.18. The minimum absolute atomic E-state index is 0.152. The van der Waals surface area contributed by atoms with Gasteiger partial charge in [-0.3, -0.25) is 9.59 Å². The SMILES string of the molecule is CCN(CCO)C(=O)C(=O)c1c[nH]c2ccccc12. The second-order valence-electron chi connectivity index (χ2n) is 4.19. The molecule has 100 valence electrons. The zero-order chi connectivity index (χ0) is 13.8. The van der Waals surface area contributed by atoms with Gasteiger partial charge in [0, 0.05) is 30.2 Å². The molecule has 1 aromatic heterocycles. The lowest BCUT2D eigenvalue weighted by molar-refractivity contribution is -0.126. The Hall–Kier alpha value is -2.14. The fourth-order valence-electron chi connectivity index (χ4n) is 2.04. The van der Waals surface area contributed by atoms with E-state index in [1.807, 2.05) is 18.2 Å². The van der Waals surface area contributed by atoms with E-state index in [1.165, 1.54) is 4.90 Å². The summed E-state index contributed by atoms with van der Waals surface area (Å²) in [6.07, 6.45) is 1.55. The van der Waals surface area contributed by atoms with Crippen LogP contribution in [0.1, 0.15) is 17.3 Å². The van der Waals surface area contributed by atoms with Crippen molar-refractivity contribution < 1.29 is 14.7 Å². The number of H-pyrrole nitrogens is 1. The molecule has 1 heterocycles. The summed E-state index contributed by atoms with van der Waals surface area (Å²) in [5, 5.41) is 9.63. The minimum Gasteiger partial charge on any atom is -0.395 e. The number of amides is 1. The van der Waals surface area contributed by atoms with E-state index in [1.54, 1.807) is 19.2 Å². The van der Waals surface area contributed by atoms with Crippen LogP contribution in [0.3, 0.4) is 0 Å². The second kappa shape index (κ2) is 5.67. The molecule has 1 amide bonds. The Morgan fingerprint density at radius 3 is 2.74 bits per heavy atom. The molecule has 19 heavy (non-hydrogen) atoms. The standard InChI is InChI=1S/C14H16N2O3/c1-2-16(7-8-17)14(19)13(18)11-9-15-12-6-4-3-5-10(11)12/h3-6,9,15,17H,2,7-8H2,1H3. The van der Waals surface area contributed by atoms with Crippen molar-refractivity contribution in [3.05, 3.63) is 36.0 Å². The number of carbonyl (C=O) groups excluding carboxylic acids is 2. The Bertz CT molecular complexity index is 604. The lowest BCUT2D eigenvalue weighted by Crippen LogP contribution is -2.38. The number of nitrogens with one attached hydrogen (secondary N) is 1. The van der Waals surface area contributed by atoms with Crippen LogP contribution in [-0.2, 0) is 4.79 Å². The Morgan fingerprint density at radius 2 is 2.05 bits per heavy atom. The third-order valence-electron chi connectivity index (χ3n) is 3.07. The summed E-state index contributed by atoms with van der Waals surface area (Å²) in [5.41, 5.74) is 1.20. The first kappa shape index (κ1) is 13.3. The first-order chi connectivity index (χ1) is 9.19. The molecule has 0 aliphatic heterocycles. The van der Waals surface area contributed by atoms with Gasteiger partial charge in [-0.05, 0) is 13.0 Å². The van der Waals surface area contributed by atoms with Gasteiger partial charge in [0.25, 0.3) is 11.7 Å². The summed E-state index contributed by atoms with van der Waals surface area (Å²) >= 11 is 0. The molecular formula is C14H16N2O3. The van der Waals surface area contributed by atoms with Crippen LogP contribution in [0.15, 0.2) is 30.5 Å². The van der Waals surface area contributed by atoms with Crippen molar-refractivity contribution in [2.24, 2.45) is 0 Å². The average Bonchev–Trinajstić information content (AvgIpc) is 2.87. The number of aliphatic hydroxyl groups excluding tert-OH is 1. The summed E-state index contributed by atoms with van der Waals surface area (Å²) in [4.78, 5) is 28.6. The molecule has 2 N–H and O–H groups in total. The highest BCUT2D eigenvalue weighted by molar-refractivity contribution is 6.44. The number of aromatic amines is 1. The number of rotatable bonds is 5. The molecule has 0 aliphatic carbocycles. The van der Waals surface area contributed by atoms with E-state index < -0.39 is 11.7 Å². The maximum absolute atomic E-state index is 12.2. The van der Waals surface area contributed by atoms with Gasteiger partial charge in [-0.25, -0.2) is 0 Å². The zero-order valence-corrected chi connectivity index (χ0v) is 10.7. The summed E-state index contributed by atoms with van der Waals surface area (Å²) in [6.45, 7) is 2.19. The number of carbonyl (C=O) groups is 2. The van der Waals surface area contributed by atoms with Gasteiger partial charge in [0.2, 0.25) is 0 Å². The fourth-order valence-corrected chi connectivity index (χ4v) is 2.04. The van der Waals surface area contributed by atoms with Crippen LogP contribution in [0, 0.1) is 0 Å². The normalized spacial score (nSPS) is 10.6. The molecule has 0 unspecified atom stereocenters. The number of para-hydroxylation sites is 1. The average molecular weight is 260 g/mol. The monoisotopic (exact) mass is 260 g/mol. The van der Waals surface area contributed by atoms with E-state index in [9.17, 15) is 9.59 Å². The van der Waals surface area contributed by atoms with E-state index in [4.69, 9.17) is 5.11 Å². The number of ketones is 1. The number of fused-ring (bicyclic) bond motifs is 1. The first-order valence-electron chi connectivity index (χ1n) is 6.19. The summed E-state index contributed by atoms with van der Waals surface area (Å²) in [6, 6.07) is 7.33. The van der Waals surface area contributed by atoms with Crippen molar-refractivity contribution in [3.8, 4) is 0 Å². The van der Waals surface area contributed by atoms with E-state index in [2.05, 4.69) is 4.98 Å². The first-order valence-corrected chi connectivity index (χ1v) is 6.19. The zero-order valence-electron chi connectivity index (χ0n) is 10.7. The van der Waals surface area contributed by atoms with Gasteiger partial charge in [0.1, 0.15) is 0 Å². The third kappa shape index (κ3) is 2.51. The predicted octanol–water partition coefficient (Wildman–Crippen LogP) is 1.19. The van der Waals surface area contributed by atoms with Gasteiger partial charge in [-0.15, -0.1) is 0 Å².